The molecule has 1 unspecified atom stereocenters. The maximum Gasteiger partial charge on any atom is 0.0897 e. The van der Waals surface area contributed by atoms with Crippen molar-refractivity contribution in [1.82, 2.24) is 10.2 Å². The first kappa shape index (κ1) is 18.4. The van der Waals surface area contributed by atoms with E-state index >= 15 is 0 Å². The van der Waals surface area contributed by atoms with E-state index in [2.05, 4.69) is 31.1 Å². The van der Waals surface area contributed by atoms with Crippen molar-refractivity contribution in [3.63, 3.8) is 0 Å². The van der Waals surface area contributed by atoms with Gasteiger partial charge in [-0.1, -0.05) is 29.8 Å². The molecule has 1 aromatic rings. The van der Waals surface area contributed by atoms with Gasteiger partial charge in [0.15, 0.2) is 0 Å². The molecule has 0 aliphatic heterocycles. The minimum absolute atomic E-state index is 0.304. The predicted octanol–water partition coefficient (Wildman–Crippen LogP) is 2.15. The zero-order valence-corrected chi connectivity index (χ0v) is 13.9. The molecule has 0 bridgehead atoms. The Kier molecular flexibility index (Phi) is 8.88. The van der Waals surface area contributed by atoms with Crippen LogP contribution in [-0.2, 0) is 11.3 Å². The molecule has 1 aromatic carbocycles. The highest BCUT2D eigenvalue weighted by molar-refractivity contribution is 6.31. The van der Waals surface area contributed by atoms with Gasteiger partial charge in [-0.25, -0.2) is 0 Å². The number of aliphatic hydroxyl groups is 1. The predicted molar refractivity (Wildman–Crippen MR) is 87.8 cm³/mol. The lowest BCUT2D eigenvalue weighted by molar-refractivity contribution is 0.0287. The maximum absolute atomic E-state index is 9.84. The third kappa shape index (κ3) is 7.79. The summed E-state index contributed by atoms with van der Waals surface area (Å²) < 4.78 is 5.49. The minimum atomic E-state index is -0.503. The van der Waals surface area contributed by atoms with Gasteiger partial charge in [0.1, 0.15) is 0 Å². The molecule has 0 saturated carbocycles. The Bertz CT molecular complexity index is 402. The van der Waals surface area contributed by atoms with E-state index in [1.54, 1.807) is 0 Å². The fourth-order valence-electron chi connectivity index (χ4n) is 1.76. The molecule has 0 fully saturated rings. The Morgan fingerprint density at radius 2 is 2.05 bits per heavy atom. The van der Waals surface area contributed by atoms with E-state index in [4.69, 9.17) is 16.3 Å². The molecule has 0 amide bonds. The van der Waals surface area contributed by atoms with Gasteiger partial charge in [-0.2, -0.15) is 0 Å². The van der Waals surface area contributed by atoms with E-state index < -0.39 is 6.10 Å². The summed E-state index contributed by atoms with van der Waals surface area (Å²) >= 11 is 6.04. The lowest BCUT2D eigenvalue weighted by Gasteiger charge is -2.21. The monoisotopic (exact) mass is 314 g/mol. The summed E-state index contributed by atoms with van der Waals surface area (Å²) in [5.74, 6) is 0. The normalized spacial score (nSPS) is 13.1. The van der Waals surface area contributed by atoms with E-state index in [0.29, 0.717) is 30.8 Å². The number of nitrogens with zero attached hydrogens (tertiary/aromatic N) is 1. The fraction of sp³-hybridized carbons (Fsp3) is 0.625. The Balaban J connectivity index is 2.09. The van der Waals surface area contributed by atoms with Crippen molar-refractivity contribution in [3.8, 4) is 0 Å². The highest BCUT2D eigenvalue weighted by atomic mass is 35.5. The van der Waals surface area contributed by atoms with Crippen LogP contribution in [0.4, 0.5) is 0 Å². The number of hydrogen-bond acceptors (Lipinski definition) is 4. The number of ether oxygens (including phenoxy) is 1. The van der Waals surface area contributed by atoms with Gasteiger partial charge in [0, 0.05) is 30.7 Å². The Morgan fingerprint density at radius 1 is 1.33 bits per heavy atom. The second-order valence-electron chi connectivity index (χ2n) is 5.54. The summed E-state index contributed by atoms with van der Waals surface area (Å²) in [7, 11) is 2.09. The van der Waals surface area contributed by atoms with Gasteiger partial charge in [-0.05, 0) is 32.5 Å². The van der Waals surface area contributed by atoms with Crippen molar-refractivity contribution in [2.45, 2.75) is 32.6 Å². The first-order valence-electron chi connectivity index (χ1n) is 7.41. The number of rotatable bonds is 10. The molecule has 120 valence electrons. The first-order valence-corrected chi connectivity index (χ1v) is 7.78. The second-order valence-corrected chi connectivity index (χ2v) is 5.95. The fourth-order valence-corrected chi connectivity index (χ4v) is 1.95. The highest BCUT2D eigenvalue weighted by Crippen LogP contribution is 2.15. The van der Waals surface area contributed by atoms with Crippen molar-refractivity contribution in [2.75, 3.05) is 33.3 Å². The third-order valence-electron chi connectivity index (χ3n) is 3.43. The molecule has 0 aliphatic rings. The van der Waals surface area contributed by atoms with Crippen LogP contribution in [-0.4, -0.2) is 55.4 Å². The molecule has 0 aliphatic carbocycles. The van der Waals surface area contributed by atoms with Gasteiger partial charge >= 0.3 is 0 Å². The third-order valence-corrected chi connectivity index (χ3v) is 3.80. The van der Waals surface area contributed by atoms with Gasteiger partial charge in [-0.15, -0.1) is 0 Å². The van der Waals surface area contributed by atoms with Crippen LogP contribution < -0.4 is 5.32 Å². The Morgan fingerprint density at radius 3 is 2.71 bits per heavy atom. The van der Waals surface area contributed by atoms with Crippen molar-refractivity contribution < 1.29 is 9.84 Å². The number of halogens is 1. The molecule has 2 N–H and O–H groups in total. The largest absolute Gasteiger partial charge is 0.389 e. The molecule has 0 heterocycles. The van der Waals surface area contributed by atoms with Gasteiger partial charge in [-0.3, -0.25) is 0 Å². The zero-order valence-electron chi connectivity index (χ0n) is 13.2. The van der Waals surface area contributed by atoms with Crippen LogP contribution in [0.5, 0.6) is 0 Å². The van der Waals surface area contributed by atoms with Crippen LogP contribution in [0.25, 0.3) is 0 Å². The molecule has 0 radical (unpaired) electrons. The van der Waals surface area contributed by atoms with Crippen molar-refractivity contribution >= 4 is 11.6 Å². The van der Waals surface area contributed by atoms with Crippen molar-refractivity contribution in [2.24, 2.45) is 0 Å². The Labute approximate surface area is 133 Å². The van der Waals surface area contributed by atoms with Crippen LogP contribution in [0.2, 0.25) is 5.02 Å². The summed E-state index contributed by atoms with van der Waals surface area (Å²) in [6.45, 7) is 7.41. The van der Waals surface area contributed by atoms with Gasteiger partial charge in [0.05, 0.1) is 19.3 Å². The lowest BCUT2D eigenvalue weighted by atomic mass is 10.2. The molecule has 0 aromatic heterocycles. The van der Waals surface area contributed by atoms with Crippen LogP contribution in [0.3, 0.4) is 0 Å². The van der Waals surface area contributed by atoms with E-state index in [0.717, 1.165) is 18.7 Å². The summed E-state index contributed by atoms with van der Waals surface area (Å²) in [5, 5.41) is 13.8. The molecule has 4 nitrogen and oxygen atoms in total. The van der Waals surface area contributed by atoms with E-state index in [1.165, 1.54) is 0 Å². The molecule has 0 spiro atoms. The van der Waals surface area contributed by atoms with Gasteiger partial charge in [0.2, 0.25) is 0 Å². The molecular formula is C16H27ClN2O2. The molecule has 5 heteroatoms. The summed E-state index contributed by atoms with van der Waals surface area (Å²) in [5.41, 5.74) is 0.942. The number of nitrogens with one attached hydrogen (secondary N) is 1. The quantitative estimate of drug-likeness (QED) is 0.650. The van der Waals surface area contributed by atoms with E-state index in [9.17, 15) is 5.11 Å². The smallest absolute Gasteiger partial charge is 0.0897 e. The van der Waals surface area contributed by atoms with Crippen LogP contribution >= 0.6 is 11.6 Å². The van der Waals surface area contributed by atoms with E-state index in [-0.39, 0.29) is 0 Å². The van der Waals surface area contributed by atoms with Crippen molar-refractivity contribution in [1.29, 1.82) is 0 Å². The second kappa shape index (κ2) is 10.1. The standard InChI is InChI=1S/C16H27ClN2O2/c1-13(2)19(3)9-8-18-10-15(20)12-21-11-14-6-4-5-7-16(14)17/h4-7,13,15,18,20H,8-12H2,1-3H3. The van der Waals surface area contributed by atoms with Gasteiger partial charge < -0.3 is 20.1 Å². The maximum atomic E-state index is 9.84. The van der Waals surface area contributed by atoms with Crippen molar-refractivity contribution in [3.05, 3.63) is 34.9 Å². The summed E-state index contributed by atoms with van der Waals surface area (Å²) in [4.78, 5) is 2.26. The highest BCUT2D eigenvalue weighted by Gasteiger charge is 2.06. The number of hydrogen-bond donors (Lipinski definition) is 2. The van der Waals surface area contributed by atoms with Gasteiger partial charge in [0.25, 0.3) is 0 Å². The first-order chi connectivity index (χ1) is 10.0. The number of likely N-dealkylation sites (N-methyl/N-ethyl adjacent to an activating group) is 1. The zero-order chi connectivity index (χ0) is 15.7. The summed E-state index contributed by atoms with van der Waals surface area (Å²) in [6, 6.07) is 8.11. The topological polar surface area (TPSA) is 44.7 Å². The minimum Gasteiger partial charge on any atom is -0.389 e. The van der Waals surface area contributed by atoms with E-state index in [1.807, 2.05) is 24.3 Å². The molecule has 21 heavy (non-hydrogen) atoms. The van der Waals surface area contributed by atoms with Crippen LogP contribution in [0.1, 0.15) is 19.4 Å². The number of aliphatic hydroxyl groups excluding tert-OH is 1. The molecule has 1 atom stereocenters. The average molecular weight is 315 g/mol. The molecular weight excluding hydrogens is 288 g/mol. The summed E-state index contributed by atoms with van der Waals surface area (Å²) in [6.07, 6.45) is -0.503. The average Bonchev–Trinajstić information content (AvgIpc) is 2.45. The SMILES string of the molecule is CC(C)N(C)CCNCC(O)COCc1ccccc1Cl. The number of benzene rings is 1. The van der Waals surface area contributed by atoms with Crippen LogP contribution in [0.15, 0.2) is 24.3 Å². The Hall–Kier alpha value is -0.650. The molecule has 1 rings (SSSR count). The molecule has 0 saturated heterocycles. The lowest BCUT2D eigenvalue weighted by Crippen LogP contribution is -2.37. The van der Waals surface area contributed by atoms with Crippen LogP contribution in [0, 0.1) is 0 Å².